The van der Waals surface area contributed by atoms with Crippen molar-refractivity contribution in [2.24, 2.45) is 17.2 Å². The molecule has 1 aliphatic heterocycles. The van der Waals surface area contributed by atoms with Crippen LogP contribution >= 0.6 is 0 Å². The monoisotopic (exact) mass is 479 g/mol. The maximum Gasteiger partial charge on any atom is 0.283 e. The van der Waals surface area contributed by atoms with Crippen LogP contribution in [0.1, 0.15) is 17.9 Å². The van der Waals surface area contributed by atoms with Gasteiger partial charge in [0, 0.05) is 17.9 Å². The quantitative estimate of drug-likeness (QED) is 0.0825. The summed E-state index contributed by atoms with van der Waals surface area (Å²) in [6.45, 7) is 0. The van der Waals surface area contributed by atoms with E-state index in [0.29, 0.717) is 0 Å². The number of nitrogen functional groups attached to an aromatic ring is 1. The predicted octanol–water partition coefficient (Wildman–Crippen LogP) is -6.69. The minimum atomic E-state index is -4.29. The number of nitrogens with two attached hydrogens (primary N) is 4. The molecule has 3 atom stereocenters. The molecule has 1 saturated carbocycles. The van der Waals surface area contributed by atoms with Crippen LogP contribution in [-0.2, 0) is 4.79 Å². The SMILES string of the molecule is COc1c(O)c(O)c(C2CC(=O)NC2(N)N)c(N)c1OC1C(N)(O)C(O)(O)C(O)(O)C1(O)O. The average molecular weight is 479 g/mol. The lowest BCUT2D eigenvalue weighted by atomic mass is 9.89. The molecule has 1 aromatic carbocycles. The number of carbonyl (C=O) groups excluding carboxylic acids is 1. The second-order valence-electron chi connectivity index (χ2n) is 8.02. The number of aromatic hydroxyl groups is 2. The van der Waals surface area contributed by atoms with Crippen molar-refractivity contribution < 1.29 is 60.2 Å². The van der Waals surface area contributed by atoms with E-state index in [1.54, 1.807) is 0 Å². The first-order chi connectivity index (χ1) is 14.8. The molecule has 1 amide bonds. The van der Waals surface area contributed by atoms with Crippen molar-refractivity contribution in [3.05, 3.63) is 5.56 Å². The third-order valence-electron chi connectivity index (χ3n) is 5.87. The maximum absolute atomic E-state index is 11.8. The molecule has 18 N–H and O–H groups in total. The van der Waals surface area contributed by atoms with Gasteiger partial charge in [-0.05, 0) is 0 Å². The van der Waals surface area contributed by atoms with Crippen molar-refractivity contribution in [3.8, 4) is 23.0 Å². The van der Waals surface area contributed by atoms with Gasteiger partial charge in [0.25, 0.3) is 17.4 Å². The van der Waals surface area contributed by atoms with Gasteiger partial charge in [-0.2, -0.15) is 0 Å². The zero-order chi connectivity index (χ0) is 25.5. The van der Waals surface area contributed by atoms with Gasteiger partial charge in [-0.15, -0.1) is 0 Å². The predicted molar refractivity (Wildman–Crippen MR) is 102 cm³/mol. The number of amides is 1. The van der Waals surface area contributed by atoms with Crippen molar-refractivity contribution in [3.63, 3.8) is 0 Å². The number of methoxy groups -OCH3 is 1. The Morgan fingerprint density at radius 3 is 1.88 bits per heavy atom. The van der Waals surface area contributed by atoms with Gasteiger partial charge in [0.15, 0.2) is 11.5 Å². The molecule has 3 unspecified atom stereocenters. The van der Waals surface area contributed by atoms with Crippen LogP contribution in [0.15, 0.2) is 0 Å². The van der Waals surface area contributed by atoms with Crippen molar-refractivity contribution >= 4 is 11.6 Å². The molecule has 3 rings (SSSR count). The third-order valence-corrected chi connectivity index (χ3v) is 5.87. The number of carbonyl (C=O) groups is 1. The Balaban J connectivity index is 2.24. The summed E-state index contributed by atoms with van der Waals surface area (Å²) in [4.78, 5) is 11.8. The lowest BCUT2D eigenvalue weighted by Gasteiger charge is -2.35. The summed E-state index contributed by atoms with van der Waals surface area (Å²) < 4.78 is 10.0. The number of aliphatic hydroxyl groups is 7. The van der Waals surface area contributed by atoms with Gasteiger partial charge in [0.1, 0.15) is 5.79 Å². The van der Waals surface area contributed by atoms with Crippen LogP contribution in [-0.4, -0.2) is 94.0 Å². The zero-order valence-electron chi connectivity index (χ0n) is 16.9. The Hall–Kier alpha value is -2.71. The molecule has 186 valence electrons. The van der Waals surface area contributed by atoms with Crippen LogP contribution in [0.3, 0.4) is 0 Å². The first kappa shape index (κ1) is 24.9. The summed E-state index contributed by atoms with van der Waals surface area (Å²) in [5.74, 6) is -20.3. The van der Waals surface area contributed by atoms with E-state index in [0.717, 1.165) is 7.11 Å². The molecular weight excluding hydrogens is 454 g/mol. The molecule has 0 bridgehead atoms. The number of ether oxygens (including phenoxy) is 2. The highest BCUT2D eigenvalue weighted by Crippen LogP contribution is 2.56. The standard InChI is InChI=1S/C16H25N5O12/c1-32-10-8(24)7(23)5(3-2-4(22)21-14(3,19)20)6(17)9(10)33-11-12(18,25)15(28,29)16(30,31)13(11,26)27/h3,11,23-31H,2,17-20H2,1H3,(H,21,22). The van der Waals surface area contributed by atoms with E-state index in [2.05, 4.69) is 5.32 Å². The van der Waals surface area contributed by atoms with Gasteiger partial charge in [0.05, 0.1) is 12.8 Å². The van der Waals surface area contributed by atoms with Crippen LogP contribution < -0.4 is 37.7 Å². The number of hydrogen-bond acceptors (Lipinski definition) is 16. The molecule has 1 aromatic rings. The van der Waals surface area contributed by atoms with E-state index in [9.17, 15) is 50.8 Å². The van der Waals surface area contributed by atoms with E-state index < -0.39 is 87.5 Å². The number of anilines is 1. The molecule has 17 nitrogen and oxygen atoms in total. The van der Waals surface area contributed by atoms with E-state index in [4.69, 9.17) is 32.4 Å². The first-order valence-corrected chi connectivity index (χ1v) is 9.09. The van der Waals surface area contributed by atoms with Crippen LogP contribution in [0.4, 0.5) is 5.69 Å². The van der Waals surface area contributed by atoms with Gasteiger partial charge >= 0.3 is 0 Å². The molecule has 1 saturated heterocycles. The summed E-state index contributed by atoms with van der Waals surface area (Å²) >= 11 is 0. The molecule has 17 heteroatoms. The molecule has 2 aliphatic rings. The van der Waals surface area contributed by atoms with E-state index in [1.807, 2.05) is 0 Å². The summed E-state index contributed by atoms with van der Waals surface area (Å²) in [5, 5.41) is 93.3. The lowest BCUT2D eigenvalue weighted by Crippen LogP contribution is -2.69. The van der Waals surface area contributed by atoms with Crippen LogP contribution in [0.25, 0.3) is 0 Å². The maximum atomic E-state index is 11.8. The second-order valence-corrected chi connectivity index (χ2v) is 8.02. The highest BCUT2D eigenvalue weighted by Gasteiger charge is 2.84. The number of phenols is 2. The topological polar surface area (TPSA) is 334 Å². The van der Waals surface area contributed by atoms with Crippen molar-refractivity contribution in [1.82, 2.24) is 5.32 Å². The molecule has 33 heavy (non-hydrogen) atoms. The smallest absolute Gasteiger partial charge is 0.283 e. The Morgan fingerprint density at radius 1 is 0.939 bits per heavy atom. The summed E-state index contributed by atoms with van der Waals surface area (Å²) in [6.07, 6.45) is -3.33. The fourth-order valence-electron chi connectivity index (χ4n) is 3.95. The van der Waals surface area contributed by atoms with Crippen molar-refractivity contribution in [1.29, 1.82) is 0 Å². The van der Waals surface area contributed by atoms with Crippen molar-refractivity contribution in [2.45, 2.75) is 47.3 Å². The number of rotatable bonds is 4. The fourth-order valence-corrected chi connectivity index (χ4v) is 3.95. The normalized spacial score (nSPS) is 31.3. The van der Waals surface area contributed by atoms with Gasteiger partial charge in [-0.1, -0.05) is 0 Å². The molecule has 1 heterocycles. The molecule has 0 spiro atoms. The average Bonchev–Trinajstić information content (AvgIpc) is 2.97. The number of hydrogen-bond donors (Lipinski definition) is 14. The highest BCUT2D eigenvalue weighted by molar-refractivity contribution is 5.84. The highest BCUT2D eigenvalue weighted by atomic mass is 16.7. The number of benzene rings is 1. The minimum Gasteiger partial charge on any atom is -0.504 e. The van der Waals surface area contributed by atoms with Crippen LogP contribution in [0.5, 0.6) is 23.0 Å². The molecule has 2 fully saturated rings. The van der Waals surface area contributed by atoms with Crippen LogP contribution in [0, 0.1) is 0 Å². The molecule has 0 radical (unpaired) electrons. The first-order valence-electron chi connectivity index (χ1n) is 9.09. The molecule has 1 aliphatic carbocycles. The van der Waals surface area contributed by atoms with E-state index in [1.165, 1.54) is 0 Å². The number of nitrogens with one attached hydrogen (secondary N) is 1. The van der Waals surface area contributed by atoms with Gasteiger partial charge in [0.2, 0.25) is 29.2 Å². The fraction of sp³-hybridized carbons (Fsp3) is 0.562. The summed E-state index contributed by atoms with van der Waals surface area (Å²) in [5.41, 5.74) is 18.1. The van der Waals surface area contributed by atoms with Crippen LogP contribution in [0.2, 0.25) is 0 Å². The largest absolute Gasteiger partial charge is 0.504 e. The summed E-state index contributed by atoms with van der Waals surface area (Å²) in [6, 6.07) is 0. The van der Waals surface area contributed by atoms with Gasteiger partial charge < -0.3 is 66.5 Å². The summed E-state index contributed by atoms with van der Waals surface area (Å²) in [7, 11) is 0.941. The lowest BCUT2D eigenvalue weighted by molar-refractivity contribution is -0.436. The number of phenolic OH excluding ortho intramolecular Hbond substituents is 2. The van der Waals surface area contributed by atoms with Gasteiger partial charge in [-0.25, -0.2) is 0 Å². The Kier molecular flexibility index (Phi) is 5.21. The van der Waals surface area contributed by atoms with Gasteiger partial charge in [-0.3, -0.25) is 22.0 Å². The third kappa shape index (κ3) is 3.00. The Labute approximate surface area is 184 Å². The van der Waals surface area contributed by atoms with Crippen molar-refractivity contribution in [2.75, 3.05) is 12.8 Å². The Morgan fingerprint density at radius 2 is 1.48 bits per heavy atom. The minimum absolute atomic E-state index is 0.434. The second kappa shape index (κ2) is 6.90. The molecule has 0 aromatic heterocycles. The zero-order valence-corrected chi connectivity index (χ0v) is 16.9. The Bertz CT molecular complexity index is 982. The van der Waals surface area contributed by atoms with E-state index >= 15 is 0 Å². The molecular formula is C16H25N5O12. The van der Waals surface area contributed by atoms with E-state index in [-0.39, 0.29) is 0 Å².